The molecule has 0 fully saturated rings. The highest BCUT2D eigenvalue weighted by Gasteiger charge is 2.17. The Morgan fingerprint density at radius 1 is 1.23 bits per heavy atom. The zero-order valence-corrected chi connectivity index (χ0v) is 16.1. The highest BCUT2D eigenvalue weighted by atomic mass is 32.1. The molecule has 0 saturated heterocycles. The second kappa shape index (κ2) is 9.10. The Labute approximate surface area is 158 Å². The quantitative estimate of drug-likeness (QED) is 0.541. The fourth-order valence-electron chi connectivity index (χ4n) is 2.39. The SMILES string of the molecule is C=C(C)CN(CC)C(=O)/C=C/c1csc(N(C(C)=O)c2ccccc2)n1. The van der Waals surface area contributed by atoms with Crippen molar-refractivity contribution < 1.29 is 9.59 Å². The van der Waals surface area contributed by atoms with E-state index >= 15 is 0 Å². The molecule has 5 nitrogen and oxygen atoms in total. The Morgan fingerprint density at radius 2 is 1.92 bits per heavy atom. The monoisotopic (exact) mass is 369 g/mol. The van der Waals surface area contributed by atoms with Crippen LogP contribution in [0.1, 0.15) is 26.5 Å². The van der Waals surface area contributed by atoms with E-state index < -0.39 is 0 Å². The molecule has 136 valence electrons. The van der Waals surface area contributed by atoms with Gasteiger partial charge in [0.1, 0.15) is 0 Å². The number of carbonyl (C=O) groups is 2. The molecule has 0 bridgehead atoms. The third kappa shape index (κ3) is 5.13. The number of hydrogen-bond donors (Lipinski definition) is 0. The van der Waals surface area contributed by atoms with Crippen molar-refractivity contribution in [2.24, 2.45) is 0 Å². The van der Waals surface area contributed by atoms with Crippen molar-refractivity contribution in [1.82, 2.24) is 9.88 Å². The number of nitrogens with zero attached hydrogens (tertiary/aromatic N) is 3. The molecule has 26 heavy (non-hydrogen) atoms. The molecule has 0 radical (unpaired) electrons. The molecular weight excluding hydrogens is 346 g/mol. The highest BCUT2D eigenvalue weighted by Crippen LogP contribution is 2.29. The largest absolute Gasteiger partial charge is 0.335 e. The van der Waals surface area contributed by atoms with E-state index in [9.17, 15) is 9.59 Å². The van der Waals surface area contributed by atoms with Gasteiger partial charge in [-0.2, -0.15) is 0 Å². The molecule has 0 N–H and O–H groups in total. The lowest BCUT2D eigenvalue weighted by Gasteiger charge is -2.18. The zero-order valence-electron chi connectivity index (χ0n) is 15.3. The highest BCUT2D eigenvalue weighted by molar-refractivity contribution is 7.14. The smallest absolute Gasteiger partial charge is 0.246 e. The fraction of sp³-hybridized carbons (Fsp3) is 0.250. The van der Waals surface area contributed by atoms with Crippen LogP contribution in [0.5, 0.6) is 0 Å². The van der Waals surface area contributed by atoms with Gasteiger partial charge in [-0.3, -0.25) is 14.5 Å². The van der Waals surface area contributed by atoms with Crippen molar-refractivity contribution in [3.63, 3.8) is 0 Å². The van der Waals surface area contributed by atoms with E-state index in [0.29, 0.717) is 23.9 Å². The van der Waals surface area contributed by atoms with Gasteiger partial charge in [-0.1, -0.05) is 30.4 Å². The average Bonchev–Trinajstić information content (AvgIpc) is 3.06. The van der Waals surface area contributed by atoms with Crippen LogP contribution in [0.15, 0.2) is 53.9 Å². The molecule has 6 heteroatoms. The molecule has 2 rings (SSSR count). The van der Waals surface area contributed by atoms with Gasteiger partial charge in [0, 0.05) is 31.5 Å². The predicted octanol–water partition coefficient (Wildman–Crippen LogP) is 4.27. The van der Waals surface area contributed by atoms with Gasteiger partial charge in [-0.15, -0.1) is 11.3 Å². The van der Waals surface area contributed by atoms with Gasteiger partial charge in [-0.25, -0.2) is 4.98 Å². The van der Waals surface area contributed by atoms with Gasteiger partial charge in [0.25, 0.3) is 0 Å². The Kier molecular flexibility index (Phi) is 6.86. The normalized spacial score (nSPS) is 10.7. The Bertz CT molecular complexity index is 811. The van der Waals surface area contributed by atoms with Gasteiger partial charge in [-0.05, 0) is 32.1 Å². The van der Waals surface area contributed by atoms with Crippen molar-refractivity contribution in [3.8, 4) is 0 Å². The summed E-state index contributed by atoms with van der Waals surface area (Å²) in [5, 5.41) is 2.40. The first kappa shape index (κ1) is 19.6. The van der Waals surface area contributed by atoms with Crippen molar-refractivity contribution in [2.75, 3.05) is 18.0 Å². The van der Waals surface area contributed by atoms with E-state index in [1.54, 1.807) is 15.9 Å². The first-order valence-corrected chi connectivity index (χ1v) is 9.23. The molecule has 1 aromatic carbocycles. The third-order valence-electron chi connectivity index (χ3n) is 3.58. The van der Waals surface area contributed by atoms with Gasteiger partial charge >= 0.3 is 0 Å². The molecule has 0 unspecified atom stereocenters. The molecule has 0 spiro atoms. The minimum absolute atomic E-state index is 0.0865. The number of para-hydroxylation sites is 1. The van der Waals surface area contributed by atoms with Crippen LogP contribution >= 0.6 is 11.3 Å². The number of carbonyl (C=O) groups excluding carboxylic acids is 2. The first-order chi connectivity index (χ1) is 12.4. The second-order valence-corrected chi connectivity index (χ2v) is 6.72. The van der Waals surface area contributed by atoms with Crippen LogP contribution in [0.2, 0.25) is 0 Å². The number of likely N-dealkylation sites (N-methyl/N-ethyl adjacent to an activating group) is 1. The van der Waals surface area contributed by atoms with Gasteiger partial charge < -0.3 is 4.90 Å². The van der Waals surface area contributed by atoms with E-state index in [1.165, 1.54) is 24.3 Å². The lowest BCUT2D eigenvalue weighted by molar-refractivity contribution is -0.125. The van der Waals surface area contributed by atoms with Gasteiger partial charge in [0.2, 0.25) is 11.8 Å². The number of anilines is 2. The van der Waals surface area contributed by atoms with Crippen molar-refractivity contribution >= 4 is 40.0 Å². The maximum atomic E-state index is 12.3. The minimum Gasteiger partial charge on any atom is -0.335 e. The summed E-state index contributed by atoms with van der Waals surface area (Å²) < 4.78 is 0. The topological polar surface area (TPSA) is 53.5 Å². The standard InChI is InChI=1S/C20H23N3O2S/c1-5-22(13-15(2)3)19(25)12-11-17-14-26-20(21-17)23(16(4)24)18-9-7-6-8-10-18/h6-12,14H,2,5,13H2,1,3-4H3/b12-11+. The Balaban J connectivity index is 2.17. The van der Waals surface area contributed by atoms with E-state index in [1.807, 2.05) is 49.6 Å². The number of amides is 2. The number of benzene rings is 1. The molecule has 1 aromatic heterocycles. The number of aromatic nitrogens is 1. The van der Waals surface area contributed by atoms with Gasteiger partial charge in [0.15, 0.2) is 5.13 Å². The van der Waals surface area contributed by atoms with Crippen LogP contribution < -0.4 is 4.90 Å². The molecule has 0 atom stereocenters. The van der Waals surface area contributed by atoms with Crippen molar-refractivity contribution in [2.45, 2.75) is 20.8 Å². The summed E-state index contributed by atoms with van der Waals surface area (Å²) in [6, 6.07) is 9.36. The van der Waals surface area contributed by atoms with Crippen molar-refractivity contribution in [1.29, 1.82) is 0 Å². The minimum atomic E-state index is -0.115. The summed E-state index contributed by atoms with van der Waals surface area (Å²) >= 11 is 1.36. The van der Waals surface area contributed by atoms with Crippen molar-refractivity contribution in [3.05, 3.63) is 59.6 Å². The molecule has 0 saturated carbocycles. The van der Waals surface area contributed by atoms with Crippen LogP contribution in [0.3, 0.4) is 0 Å². The second-order valence-electron chi connectivity index (χ2n) is 5.89. The first-order valence-electron chi connectivity index (χ1n) is 8.35. The Hall–Kier alpha value is -2.73. The number of hydrogen-bond acceptors (Lipinski definition) is 4. The summed E-state index contributed by atoms with van der Waals surface area (Å²) in [7, 11) is 0. The van der Waals surface area contributed by atoms with E-state index in [4.69, 9.17) is 0 Å². The molecule has 2 amide bonds. The maximum absolute atomic E-state index is 12.3. The molecule has 2 aromatic rings. The lowest BCUT2D eigenvalue weighted by Crippen LogP contribution is -2.30. The summed E-state index contributed by atoms with van der Waals surface area (Å²) in [6.45, 7) is 10.3. The van der Waals surface area contributed by atoms with Crippen LogP contribution in [-0.4, -0.2) is 34.8 Å². The predicted molar refractivity (Wildman–Crippen MR) is 107 cm³/mol. The van der Waals surface area contributed by atoms with Crippen LogP contribution in [0.25, 0.3) is 6.08 Å². The molecule has 0 aliphatic rings. The summed E-state index contributed by atoms with van der Waals surface area (Å²) in [5.41, 5.74) is 2.34. The molecular formula is C20H23N3O2S. The third-order valence-corrected chi connectivity index (χ3v) is 4.43. The van der Waals surface area contributed by atoms with E-state index in [0.717, 1.165) is 11.3 Å². The lowest BCUT2D eigenvalue weighted by atomic mass is 10.3. The van der Waals surface area contributed by atoms with Crippen LogP contribution in [-0.2, 0) is 9.59 Å². The number of rotatable bonds is 7. The average molecular weight is 369 g/mol. The molecule has 0 aliphatic carbocycles. The molecule has 1 heterocycles. The van der Waals surface area contributed by atoms with Crippen LogP contribution in [0.4, 0.5) is 10.8 Å². The fourth-order valence-corrected chi connectivity index (χ4v) is 3.25. The van der Waals surface area contributed by atoms with E-state index in [2.05, 4.69) is 11.6 Å². The number of thiazole rings is 1. The molecule has 0 aliphatic heterocycles. The van der Waals surface area contributed by atoms with E-state index in [-0.39, 0.29) is 11.8 Å². The summed E-state index contributed by atoms with van der Waals surface area (Å²) in [6.07, 6.45) is 3.18. The Morgan fingerprint density at radius 3 is 2.50 bits per heavy atom. The van der Waals surface area contributed by atoms with Crippen LogP contribution in [0, 0.1) is 0 Å². The summed E-state index contributed by atoms with van der Waals surface area (Å²) in [5.74, 6) is -0.202. The summed E-state index contributed by atoms with van der Waals surface area (Å²) in [4.78, 5) is 32.1. The zero-order chi connectivity index (χ0) is 19.1. The maximum Gasteiger partial charge on any atom is 0.246 e. The van der Waals surface area contributed by atoms with Gasteiger partial charge in [0.05, 0.1) is 11.4 Å².